The fourth-order valence-electron chi connectivity index (χ4n) is 3.09. The molecule has 6 nitrogen and oxygen atoms in total. The van der Waals surface area contributed by atoms with Gasteiger partial charge in [0.15, 0.2) is 11.0 Å². The fourth-order valence-corrected chi connectivity index (χ4v) is 3.55. The van der Waals surface area contributed by atoms with Gasteiger partial charge in [-0.2, -0.15) is 18.3 Å². The van der Waals surface area contributed by atoms with Crippen molar-refractivity contribution in [1.29, 1.82) is 0 Å². The highest BCUT2D eigenvalue weighted by molar-refractivity contribution is 6.33. The van der Waals surface area contributed by atoms with E-state index in [1.54, 1.807) is 0 Å². The maximum atomic E-state index is 12.8. The van der Waals surface area contributed by atoms with Gasteiger partial charge < -0.3 is 4.90 Å². The second-order valence-electron chi connectivity index (χ2n) is 6.66. The first-order valence-corrected chi connectivity index (χ1v) is 9.78. The van der Waals surface area contributed by atoms with E-state index in [9.17, 15) is 13.2 Å². The van der Waals surface area contributed by atoms with Gasteiger partial charge in [0, 0.05) is 37.8 Å². The van der Waals surface area contributed by atoms with Crippen molar-refractivity contribution in [2.75, 3.05) is 23.4 Å². The van der Waals surface area contributed by atoms with Crippen LogP contribution in [0.4, 0.5) is 24.8 Å². The van der Waals surface area contributed by atoms with Crippen molar-refractivity contribution in [3.63, 3.8) is 0 Å². The number of hydrogen-bond donors (Lipinski definition) is 1. The number of hydrazone groups is 1. The van der Waals surface area contributed by atoms with Crippen molar-refractivity contribution in [1.82, 2.24) is 15.0 Å². The summed E-state index contributed by atoms with van der Waals surface area (Å²) in [6.07, 6.45) is -2.50. The molecule has 0 atom stereocenters. The van der Waals surface area contributed by atoms with E-state index >= 15 is 0 Å². The van der Waals surface area contributed by atoms with E-state index in [0.29, 0.717) is 48.6 Å². The van der Waals surface area contributed by atoms with Gasteiger partial charge in [-0.25, -0.2) is 15.0 Å². The smallest absolute Gasteiger partial charge is 0.355 e. The van der Waals surface area contributed by atoms with Gasteiger partial charge in [0.25, 0.3) is 0 Å². The topological polar surface area (TPSA) is 66.3 Å². The number of aromatic nitrogens is 3. The van der Waals surface area contributed by atoms with Crippen molar-refractivity contribution in [3.8, 4) is 0 Å². The van der Waals surface area contributed by atoms with Crippen LogP contribution in [0.2, 0.25) is 10.2 Å². The molecule has 0 aliphatic carbocycles. The third-order valence-electron chi connectivity index (χ3n) is 4.64. The Morgan fingerprint density at radius 3 is 2.33 bits per heavy atom. The zero-order valence-corrected chi connectivity index (χ0v) is 16.9. The number of anilines is 2. The molecule has 0 unspecified atom stereocenters. The normalized spacial score (nSPS) is 14.8. The highest BCUT2D eigenvalue weighted by Gasteiger charge is 2.32. The van der Waals surface area contributed by atoms with Crippen LogP contribution in [0.25, 0.3) is 11.0 Å². The first kappa shape index (κ1) is 20.6. The van der Waals surface area contributed by atoms with Gasteiger partial charge in [0.2, 0.25) is 0 Å². The van der Waals surface area contributed by atoms with E-state index in [4.69, 9.17) is 23.2 Å². The lowest BCUT2D eigenvalue weighted by molar-refractivity contribution is -0.137. The Morgan fingerprint density at radius 1 is 1.03 bits per heavy atom. The lowest BCUT2D eigenvalue weighted by Gasteiger charge is -2.29. The molecule has 156 valence electrons. The number of nitrogens with one attached hydrogen (secondary N) is 1. The molecule has 1 N–H and O–H groups in total. The van der Waals surface area contributed by atoms with Crippen LogP contribution < -0.4 is 10.3 Å². The standard InChI is InChI=1S/C19H15Cl2F3N6/c20-13-9-11(19(22,23)24)10-25-18(13)30-7-5-12(6-8-30)28-29-17-16(21)26-14-3-1-2-4-15(14)27-17/h1-4,9-10H,5-8H2,(H,27,29). The number of alkyl halides is 3. The van der Waals surface area contributed by atoms with Gasteiger partial charge in [-0.1, -0.05) is 35.3 Å². The fraction of sp³-hybridized carbons (Fsp3) is 0.263. The first-order valence-electron chi connectivity index (χ1n) is 9.02. The van der Waals surface area contributed by atoms with Gasteiger partial charge in [-0.15, -0.1) is 0 Å². The van der Waals surface area contributed by atoms with Gasteiger partial charge >= 0.3 is 6.18 Å². The minimum Gasteiger partial charge on any atom is -0.355 e. The second kappa shape index (κ2) is 8.23. The van der Waals surface area contributed by atoms with Crippen molar-refractivity contribution >= 4 is 51.6 Å². The zero-order chi connectivity index (χ0) is 21.3. The van der Waals surface area contributed by atoms with Gasteiger partial charge in [0.05, 0.1) is 21.6 Å². The number of para-hydroxylation sites is 2. The second-order valence-corrected chi connectivity index (χ2v) is 7.42. The summed E-state index contributed by atoms with van der Waals surface area (Å²) in [5, 5.41) is 4.56. The van der Waals surface area contributed by atoms with Crippen LogP contribution in [-0.4, -0.2) is 33.8 Å². The minimum atomic E-state index is -4.48. The molecule has 0 amide bonds. The number of fused-ring (bicyclic) bond motifs is 1. The van der Waals surface area contributed by atoms with Crippen molar-refractivity contribution in [3.05, 3.63) is 52.3 Å². The highest BCUT2D eigenvalue weighted by atomic mass is 35.5. The zero-order valence-electron chi connectivity index (χ0n) is 15.4. The monoisotopic (exact) mass is 454 g/mol. The molecule has 0 bridgehead atoms. The van der Waals surface area contributed by atoms with E-state index in [1.165, 1.54) is 0 Å². The molecule has 2 aromatic heterocycles. The van der Waals surface area contributed by atoms with Gasteiger partial charge in [-0.05, 0) is 18.2 Å². The molecule has 1 aliphatic heterocycles. The molecule has 0 radical (unpaired) electrons. The maximum Gasteiger partial charge on any atom is 0.417 e. The SMILES string of the molecule is FC(F)(F)c1cnc(N2CCC(=NNc3nc4ccccc4nc3Cl)CC2)c(Cl)c1. The van der Waals surface area contributed by atoms with Crippen LogP contribution in [0.15, 0.2) is 41.6 Å². The molecule has 1 aliphatic rings. The summed E-state index contributed by atoms with van der Waals surface area (Å²) in [5.74, 6) is 0.692. The summed E-state index contributed by atoms with van der Waals surface area (Å²) in [4.78, 5) is 14.5. The molecule has 11 heteroatoms. The quantitative estimate of drug-likeness (QED) is 0.535. The number of rotatable bonds is 3. The Bertz CT molecular complexity index is 1110. The molecule has 3 aromatic rings. The number of halogens is 5. The Morgan fingerprint density at radius 2 is 1.70 bits per heavy atom. The Balaban J connectivity index is 1.42. The molecule has 4 rings (SSSR count). The summed E-state index contributed by atoms with van der Waals surface area (Å²) in [6.45, 7) is 1.05. The number of nitrogens with zero attached hydrogens (tertiary/aromatic N) is 5. The summed E-state index contributed by atoms with van der Waals surface area (Å²) < 4.78 is 38.3. The minimum absolute atomic E-state index is 0.0263. The van der Waals surface area contributed by atoms with Crippen molar-refractivity contribution < 1.29 is 13.2 Å². The Labute approximate surface area is 179 Å². The van der Waals surface area contributed by atoms with E-state index in [0.717, 1.165) is 18.0 Å². The van der Waals surface area contributed by atoms with Crippen LogP contribution in [0.3, 0.4) is 0 Å². The lowest BCUT2D eigenvalue weighted by Crippen LogP contribution is -2.35. The molecule has 1 aromatic carbocycles. The molecule has 1 saturated heterocycles. The largest absolute Gasteiger partial charge is 0.417 e. The third-order valence-corrected chi connectivity index (χ3v) is 5.18. The molecular formula is C19H15Cl2F3N6. The molecule has 0 saturated carbocycles. The Hall–Kier alpha value is -2.65. The molecule has 1 fully saturated rings. The molecule has 3 heterocycles. The molecular weight excluding hydrogens is 440 g/mol. The molecule has 0 spiro atoms. The third kappa shape index (κ3) is 4.41. The van der Waals surface area contributed by atoms with Gasteiger partial charge in [0.1, 0.15) is 5.82 Å². The number of pyridine rings is 1. The van der Waals surface area contributed by atoms with Crippen LogP contribution in [0.5, 0.6) is 0 Å². The van der Waals surface area contributed by atoms with Crippen LogP contribution in [-0.2, 0) is 6.18 Å². The van der Waals surface area contributed by atoms with Crippen LogP contribution >= 0.6 is 23.2 Å². The van der Waals surface area contributed by atoms with E-state index < -0.39 is 11.7 Å². The summed E-state index contributed by atoms with van der Waals surface area (Å²) in [7, 11) is 0. The highest BCUT2D eigenvalue weighted by Crippen LogP contribution is 2.34. The van der Waals surface area contributed by atoms with Crippen LogP contribution in [0.1, 0.15) is 18.4 Å². The Kier molecular flexibility index (Phi) is 5.66. The van der Waals surface area contributed by atoms with Crippen LogP contribution in [0, 0.1) is 0 Å². The predicted octanol–water partition coefficient (Wildman–Crippen LogP) is 5.42. The van der Waals surface area contributed by atoms with E-state index in [1.807, 2.05) is 29.2 Å². The number of piperidine rings is 1. The van der Waals surface area contributed by atoms with Gasteiger partial charge in [-0.3, -0.25) is 5.43 Å². The summed E-state index contributed by atoms with van der Waals surface area (Å²) in [5.41, 5.74) is 4.26. The summed E-state index contributed by atoms with van der Waals surface area (Å²) in [6, 6.07) is 8.26. The van der Waals surface area contributed by atoms with E-state index in [-0.39, 0.29) is 10.2 Å². The summed E-state index contributed by atoms with van der Waals surface area (Å²) >= 11 is 12.2. The van der Waals surface area contributed by atoms with E-state index in [2.05, 4.69) is 25.5 Å². The number of hydrogen-bond acceptors (Lipinski definition) is 6. The maximum absolute atomic E-state index is 12.8. The predicted molar refractivity (Wildman–Crippen MR) is 111 cm³/mol. The van der Waals surface area contributed by atoms with Crippen molar-refractivity contribution in [2.24, 2.45) is 5.10 Å². The molecule has 30 heavy (non-hydrogen) atoms. The lowest BCUT2D eigenvalue weighted by atomic mass is 10.1. The van der Waals surface area contributed by atoms with Crippen molar-refractivity contribution in [2.45, 2.75) is 19.0 Å². The number of benzene rings is 1. The first-order chi connectivity index (χ1) is 14.3. The average Bonchev–Trinajstić information content (AvgIpc) is 2.72. The average molecular weight is 455 g/mol.